The summed E-state index contributed by atoms with van der Waals surface area (Å²) >= 11 is 0. The van der Waals surface area contributed by atoms with Gasteiger partial charge in [-0.3, -0.25) is 9.78 Å². The predicted molar refractivity (Wildman–Crippen MR) is 55.8 cm³/mol. The number of ether oxygens (including phenoxy) is 1. The monoisotopic (exact) mass is 206 g/mol. The summed E-state index contributed by atoms with van der Waals surface area (Å²) < 4.78 is 5.69. The molecule has 1 aromatic rings. The van der Waals surface area contributed by atoms with E-state index in [1.54, 1.807) is 12.3 Å². The average Bonchev–Trinajstić information content (AvgIpc) is 3.01. The van der Waals surface area contributed by atoms with Crippen molar-refractivity contribution in [2.24, 2.45) is 5.73 Å². The molecule has 0 saturated heterocycles. The van der Waals surface area contributed by atoms with Crippen LogP contribution in [0.1, 0.15) is 35.8 Å². The van der Waals surface area contributed by atoms with Crippen molar-refractivity contribution in [2.75, 3.05) is 0 Å². The molecule has 15 heavy (non-hydrogen) atoms. The maximum Gasteiger partial charge on any atom is 0.267 e. The number of nitrogens with zero attached hydrogens (tertiary/aromatic N) is 1. The van der Waals surface area contributed by atoms with E-state index in [-0.39, 0.29) is 5.69 Å². The molecule has 1 aliphatic carbocycles. The molecule has 4 heteroatoms. The molecule has 0 unspecified atom stereocenters. The highest BCUT2D eigenvalue weighted by Gasteiger charge is 2.24. The fourth-order valence-electron chi connectivity index (χ4n) is 1.34. The Morgan fingerprint density at radius 2 is 2.40 bits per heavy atom. The van der Waals surface area contributed by atoms with Gasteiger partial charge < -0.3 is 10.5 Å². The first-order chi connectivity index (χ1) is 7.20. The second-order valence-electron chi connectivity index (χ2n) is 3.71. The first-order valence-electron chi connectivity index (χ1n) is 5.16. The van der Waals surface area contributed by atoms with Crippen molar-refractivity contribution in [1.29, 1.82) is 0 Å². The first-order valence-corrected chi connectivity index (χ1v) is 5.16. The molecule has 1 fully saturated rings. The highest BCUT2D eigenvalue weighted by atomic mass is 16.5. The number of pyridine rings is 1. The second-order valence-corrected chi connectivity index (χ2v) is 3.71. The van der Waals surface area contributed by atoms with Crippen LogP contribution in [-0.2, 0) is 6.42 Å². The standard InChI is InChI=1S/C11H14N2O2/c1-2-7-6-13-9(11(12)14)5-10(7)15-8-3-4-8/h5-6,8H,2-4H2,1H3,(H2,12,14). The summed E-state index contributed by atoms with van der Waals surface area (Å²) in [4.78, 5) is 14.9. The van der Waals surface area contributed by atoms with E-state index in [4.69, 9.17) is 10.5 Å². The molecular formula is C11H14N2O2. The van der Waals surface area contributed by atoms with E-state index in [9.17, 15) is 4.79 Å². The van der Waals surface area contributed by atoms with Crippen molar-refractivity contribution in [3.63, 3.8) is 0 Å². The van der Waals surface area contributed by atoms with Gasteiger partial charge in [-0.25, -0.2) is 0 Å². The van der Waals surface area contributed by atoms with Crippen LogP contribution in [0.25, 0.3) is 0 Å². The second kappa shape index (κ2) is 3.88. The lowest BCUT2D eigenvalue weighted by molar-refractivity contribution is 0.0995. The molecule has 1 saturated carbocycles. The minimum atomic E-state index is -0.515. The topological polar surface area (TPSA) is 65.2 Å². The Kier molecular flexibility index (Phi) is 2.58. The van der Waals surface area contributed by atoms with Gasteiger partial charge in [0.05, 0.1) is 6.10 Å². The average molecular weight is 206 g/mol. The van der Waals surface area contributed by atoms with Crippen LogP contribution in [0.4, 0.5) is 0 Å². The van der Waals surface area contributed by atoms with Gasteiger partial charge >= 0.3 is 0 Å². The third-order valence-corrected chi connectivity index (χ3v) is 2.40. The molecule has 80 valence electrons. The molecule has 0 spiro atoms. The predicted octanol–water partition coefficient (Wildman–Crippen LogP) is 1.28. The Bertz CT molecular complexity index is 386. The number of aromatic nitrogens is 1. The largest absolute Gasteiger partial charge is 0.490 e. The van der Waals surface area contributed by atoms with E-state index in [0.29, 0.717) is 6.10 Å². The molecule has 0 radical (unpaired) electrons. The molecule has 0 bridgehead atoms. The lowest BCUT2D eigenvalue weighted by Gasteiger charge is -2.09. The van der Waals surface area contributed by atoms with Crippen LogP contribution in [-0.4, -0.2) is 17.0 Å². The van der Waals surface area contributed by atoms with Gasteiger partial charge in [-0.2, -0.15) is 0 Å². The van der Waals surface area contributed by atoms with Crippen molar-refractivity contribution >= 4 is 5.91 Å². The number of rotatable bonds is 4. The third kappa shape index (κ3) is 2.26. The van der Waals surface area contributed by atoms with E-state index in [2.05, 4.69) is 4.98 Å². The van der Waals surface area contributed by atoms with Crippen LogP contribution in [0.2, 0.25) is 0 Å². The van der Waals surface area contributed by atoms with Crippen molar-refractivity contribution in [2.45, 2.75) is 32.3 Å². The Hall–Kier alpha value is -1.58. The Morgan fingerprint density at radius 3 is 2.93 bits per heavy atom. The first kappa shape index (κ1) is 9.96. The van der Waals surface area contributed by atoms with E-state index in [1.807, 2.05) is 6.92 Å². The normalized spacial score (nSPS) is 15.0. The highest BCUT2D eigenvalue weighted by molar-refractivity contribution is 5.91. The number of primary amides is 1. The molecule has 1 heterocycles. The maximum atomic E-state index is 11.0. The van der Waals surface area contributed by atoms with E-state index in [0.717, 1.165) is 30.6 Å². The summed E-state index contributed by atoms with van der Waals surface area (Å²) in [6, 6.07) is 1.64. The summed E-state index contributed by atoms with van der Waals surface area (Å²) in [5.41, 5.74) is 6.45. The zero-order valence-electron chi connectivity index (χ0n) is 8.69. The number of carbonyl (C=O) groups is 1. The molecule has 1 aromatic heterocycles. The number of aryl methyl sites for hydroxylation is 1. The van der Waals surface area contributed by atoms with Crippen LogP contribution >= 0.6 is 0 Å². The van der Waals surface area contributed by atoms with Crippen molar-refractivity contribution < 1.29 is 9.53 Å². The van der Waals surface area contributed by atoms with Gasteiger partial charge in [0.2, 0.25) is 0 Å². The van der Waals surface area contributed by atoms with Gasteiger partial charge in [-0.05, 0) is 19.3 Å². The molecule has 2 N–H and O–H groups in total. The zero-order chi connectivity index (χ0) is 10.8. The lowest BCUT2D eigenvalue weighted by Crippen LogP contribution is -2.14. The van der Waals surface area contributed by atoms with E-state index >= 15 is 0 Å². The number of nitrogens with two attached hydrogens (primary N) is 1. The number of hydrogen-bond donors (Lipinski definition) is 1. The zero-order valence-corrected chi connectivity index (χ0v) is 8.69. The number of hydrogen-bond acceptors (Lipinski definition) is 3. The molecule has 4 nitrogen and oxygen atoms in total. The fraction of sp³-hybridized carbons (Fsp3) is 0.455. The highest BCUT2D eigenvalue weighted by Crippen LogP contribution is 2.29. The van der Waals surface area contributed by atoms with Crippen LogP contribution < -0.4 is 10.5 Å². The Balaban J connectivity index is 2.28. The van der Waals surface area contributed by atoms with Gasteiger partial charge in [0.25, 0.3) is 5.91 Å². The summed E-state index contributed by atoms with van der Waals surface area (Å²) in [5, 5.41) is 0. The van der Waals surface area contributed by atoms with E-state index < -0.39 is 5.91 Å². The van der Waals surface area contributed by atoms with Crippen LogP contribution in [0, 0.1) is 0 Å². The quantitative estimate of drug-likeness (QED) is 0.807. The minimum Gasteiger partial charge on any atom is -0.490 e. The molecule has 2 rings (SSSR count). The van der Waals surface area contributed by atoms with Gasteiger partial charge in [-0.1, -0.05) is 6.92 Å². The molecular weight excluding hydrogens is 192 g/mol. The summed E-state index contributed by atoms with van der Waals surface area (Å²) in [6.07, 6.45) is 5.01. The van der Waals surface area contributed by atoms with Crippen molar-refractivity contribution in [3.8, 4) is 5.75 Å². The van der Waals surface area contributed by atoms with Gasteiger partial charge in [0.15, 0.2) is 0 Å². The van der Waals surface area contributed by atoms with Gasteiger partial charge in [0.1, 0.15) is 11.4 Å². The molecule has 0 aliphatic heterocycles. The summed E-state index contributed by atoms with van der Waals surface area (Å²) in [6.45, 7) is 2.03. The molecule has 0 atom stereocenters. The smallest absolute Gasteiger partial charge is 0.267 e. The van der Waals surface area contributed by atoms with Crippen molar-refractivity contribution in [1.82, 2.24) is 4.98 Å². The summed E-state index contributed by atoms with van der Waals surface area (Å²) in [5.74, 6) is 0.238. The van der Waals surface area contributed by atoms with Crippen molar-refractivity contribution in [3.05, 3.63) is 23.5 Å². The Labute approximate surface area is 88.4 Å². The summed E-state index contributed by atoms with van der Waals surface area (Å²) in [7, 11) is 0. The number of amides is 1. The van der Waals surface area contributed by atoms with Crippen LogP contribution in [0.15, 0.2) is 12.3 Å². The third-order valence-electron chi connectivity index (χ3n) is 2.40. The number of carbonyl (C=O) groups excluding carboxylic acids is 1. The molecule has 0 aromatic carbocycles. The Morgan fingerprint density at radius 1 is 1.67 bits per heavy atom. The van der Waals surface area contributed by atoms with E-state index in [1.165, 1.54) is 0 Å². The lowest BCUT2D eigenvalue weighted by atomic mass is 10.2. The van der Waals surface area contributed by atoms with Crippen LogP contribution in [0.3, 0.4) is 0 Å². The minimum absolute atomic E-state index is 0.267. The molecule has 1 aliphatic rings. The maximum absolute atomic E-state index is 11.0. The van der Waals surface area contributed by atoms with Gasteiger partial charge in [0, 0.05) is 17.8 Å². The SMILES string of the molecule is CCc1cnc(C(N)=O)cc1OC1CC1. The fourth-order valence-corrected chi connectivity index (χ4v) is 1.34. The van der Waals surface area contributed by atoms with Crippen LogP contribution in [0.5, 0.6) is 5.75 Å². The molecule has 1 amide bonds. The van der Waals surface area contributed by atoms with Gasteiger partial charge in [-0.15, -0.1) is 0 Å².